The van der Waals surface area contributed by atoms with Gasteiger partial charge in [0.05, 0.1) is 23.2 Å². The summed E-state index contributed by atoms with van der Waals surface area (Å²) in [6, 6.07) is 7.36. The molecular formula is C21H26N6O2. The van der Waals surface area contributed by atoms with Crippen LogP contribution in [0.4, 0.5) is 5.82 Å². The lowest BCUT2D eigenvalue weighted by atomic mass is 9.92. The van der Waals surface area contributed by atoms with Crippen LogP contribution in [0.5, 0.6) is 0 Å². The molecular weight excluding hydrogens is 368 g/mol. The van der Waals surface area contributed by atoms with Gasteiger partial charge in [-0.25, -0.2) is 15.0 Å². The van der Waals surface area contributed by atoms with Gasteiger partial charge in [0.1, 0.15) is 18.0 Å². The Balaban J connectivity index is 1.48. The first-order valence-corrected chi connectivity index (χ1v) is 9.81. The number of hydrogen-bond donors (Lipinski definition) is 2. The molecule has 29 heavy (non-hydrogen) atoms. The average molecular weight is 394 g/mol. The number of fused-ring (bicyclic) bond motifs is 1. The minimum atomic E-state index is -0.990. The molecule has 0 saturated carbocycles. The molecule has 2 aromatic heterocycles. The second-order valence-corrected chi connectivity index (χ2v) is 7.98. The summed E-state index contributed by atoms with van der Waals surface area (Å²) >= 11 is 0. The number of imidazole rings is 1. The van der Waals surface area contributed by atoms with Crippen LogP contribution in [0.2, 0.25) is 0 Å². The van der Waals surface area contributed by atoms with Crippen molar-refractivity contribution in [1.82, 2.24) is 24.8 Å². The van der Waals surface area contributed by atoms with Gasteiger partial charge in [-0.05, 0) is 44.9 Å². The van der Waals surface area contributed by atoms with Crippen molar-refractivity contribution in [3.05, 3.63) is 47.7 Å². The Morgan fingerprint density at radius 2 is 2.14 bits per heavy atom. The summed E-state index contributed by atoms with van der Waals surface area (Å²) in [5.74, 6) is 1.50. The lowest BCUT2D eigenvalue weighted by molar-refractivity contribution is -0.000136. The average Bonchev–Trinajstić information content (AvgIpc) is 3.06. The third kappa shape index (κ3) is 4.07. The highest BCUT2D eigenvalue weighted by molar-refractivity contribution is 5.97. The number of rotatable bonds is 4. The molecule has 1 aliphatic rings. The van der Waals surface area contributed by atoms with Gasteiger partial charge in [-0.15, -0.1) is 0 Å². The summed E-state index contributed by atoms with van der Waals surface area (Å²) in [6.07, 6.45) is 3.02. The van der Waals surface area contributed by atoms with E-state index in [1.165, 1.54) is 0 Å². The molecule has 0 bridgehead atoms. The fourth-order valence-corrected chi connectivity index (χ4v) is 4.05. The van der Waals surface area contributed by atoms with E-state index in [1.54, 1.807) is 24.3 Å². The second-order valence-electron chi connectivity index (χ2n) is 7.98. The number of hydrogen-bond acceptors (Lipinski definition) is 6. The summed E-state index contributed by atoms with van der Waals surface area (Å²) in [7, 11) is 1.73. The predicted octanol–water partition coefficient (Wildman–Crippen LogP) is 2.07. The number of nitrogens with one attached hydrogen (secondary N) is 1. The fraction of sp³-hybridized carbons (Fsp3) is 0.429. The van der Waals surface area contributed by atoms with Crippen LogP contribution < -0.4 is 4.90 Å². The molecule has 1 fully saturated rings. The molecule has 0 radical (unpaired) electrons. The number of aryl methyl sites for hydroxylation is 2. The zero-order valence-corrected chi connectivity index (χ0v) is 17.0. The Kier molecular flexibility index (Phi) is 4.96. The first kappa shape index (κ1) is 19.3. The number of aromatic amines is 1. The molecule has 3 heterocycles. The lowest BCUT2D eigenvalue weighted by Gasteiger charge is -2.41. The Morgan fingerprint density at radius 1 is 1.31 bits per heavy atom. The van der Waals surface area contributed by atoms with Gasteiger partial charge in [0.2, 0.25) is 0 Å². The number of amides is 1. The zero-order chi connectivity index (χ0) is 20.6. The van der Waals surface area contributed by atoms with Gasteiger partial charge >= 0.3 is 0 Å². The van der Waals surface area contributed by atoms with Gasteiger partial charge in [-0.1, -0.05) is 0 Å². The number of benzene rings is 1. The summed E-state index contributed by atoms with van der Waals surface area (Å²) in [5.41, 5.74) is 2.15. The summed E-state index contributed by atoms with van der Waals surface area (Å²) < 4.78 is 0. The van der Waals surface area contributed by atoms with Gasteiger partial charge in [-0.3, -0.25) is 4.79 Å². The molecule has 1 aromatic carbocycles. The van der Waals surface area contributed by atoms with Crippen molar-refractivity contribution >= 4 is 22.8 Å². The number of aliphatic hydroxyl groups is 1. The van der Waals surface area contributed by atoms with E-state index in [4.69, 9.17) is 0 Å². The quantitative estimate of drug-likeness (QED) is 0.703. The van der Waals surface area contributed by atoms with Gasteiger partial charge in [0, 0.05) is 37.5 Å². The molecule has 0 spiro atoms. The van der Waals surface area contributed by atoms with Crippen LogP contribution in [0, 0.1) is 13.8 Å². The molecule has 8 heteroatoms. The smallest absolute Gasteiger partial charge is 0.253 e. The van der Waals surface area contributed by atoms with Crippen LogP contribution in [-0.2, 0) is 0 Å². The van der Waals surface area contributed by atoms with Crippen LogP contribution in [-0.4, -0.2) is 68.1 Å². The zero-order valence-electron chi connectivity index (χ0n) is 17.0. The Morgan fingerprint density at radius 3 is 2.93 bits per heavy atom. The third-order valence-electron chi connectivity index (χ3n) is 5.39. The first-order valence-electron chi connectivity index (χ1n) is 9.81. The van der Waals surface area contributed by atoms with E-state index in [1.807, 2.05) is 32.0 Å². The van der Waals surface area contributed by atoms with E-state index in [9.17, 15) is 9.90 Å². The van der Waals surface area contributed by atoms with E-state index in [-0.39, 0.29) is 12.5 Å². The van der Waals surface area contributed by atoms with Crippen LogP contribution in [0.1, 0.15) is 34.7 Å². The first-order chi connectivity index (χ1) is 13.8. The number of carbonyl (C=O) groups excluding carboxylic acids is 1. The van der Waals surface area contributed by atoms with Gasteiger partial charge < -0.3 is 19.9 Å². The molecule has 0 unspecified atom stereocenters. The highest BCUT2D eigenvalue weighted by Gasteiger charge is 2.36. The van der Waals surface area contributed by atoms with Crippen molar-refractivity contribution in [1.29, 1.82) is 0 Å². The lowest BCUT2D eigenvalue weighted by Crippen LogP contribution is -2.54. The number of anilines is 1. The fourth-order valence-electron chi connectivity index (χ4n) is 4.05. The third-order valence-corrected chi connectivity index (χ3v) is 5.39. The molecule has 8 nitrogen and oxygen atoms in total. The molecule has 152 valence electrons. The maximum atomic E-state index is 13.0. The molecule has 3 aromatic rings. The molecule has 0 aliphatic carbocycles. The van der Waals surface area contributed by atoms with Crippen molar-refractivity contribution in [2.75, 3.05) is 31.6 Å². The van der Waals surface area contributed by atoms with Crippen LogP contribution in [0.25, 0.3) is 11.0 Å². The maximum Gasteiger partial charge on any atom is 0.253 e. The number of carbonyl (C=O) groups is 1. The summed E-state index contributed by atoms with van der Waals surface area (Å²) in [4.78, 5) is 32.6. The molecule has 1 aliphatic heterocycles. The Labute approximate surface area is 169 Å². The number of likely N-dealkylation sites (N-methyl/N-ethyl adjacent to an activating group) is 1. The number of nitrogens with zero attached hydrogens (tertiary/aromatic N) is 5. The van der Waals surface area contributed by atoms with Crippen molar-refractivity contribution in [2.45, 2.75) is 32.3 Å². The Hall–Kier alpha value is -3.00. The maximum absolute atomic E-state index is 13.0. The summed E-state index contributed by atoms with van der Waals surface area (Å²) in [6.45, 7) is 5.32. The highest BCUT2D eigenvalue weighted by atomic mass is 16.3. The Bertz CT molecular complexity index is 1050. The van der Waals surface area contributed by atoms with Crippen molar-refractivity contribution in [3.63, 3.8) is 0 Å². The molecule has 2 N–H and O–H groups in total. The van der Waals surface area contributed by atoms with Crippen LogP contribution in [0.15, 0.2) is 30.6 Å². The summed E-state index contributed by atoms with van der Waals surface area (Å²) in [5, 5.41) is 11.2. The van der Waals surface area contributed by atoms with Crippen LogP contribution in [0.3, 0.4) is 0 Å². The molecule has 1 amide bonds. The van der Waals surface area contributed by atoms with Crippen LogP contribution >= 0.6 is 0 Å². The standard InChI is InChI=1S/C21H26N6O2/c1-14-9-19(23-13-22-14)27-8-4-7-21(29,12-27)11-26(3)20(28)16-5-6-17-18(10-16)25-15(2)24-17/h5-6,9-10,13,29H,4,7-8,11-12H2,1-3H3,(H,24,25)/t21-/m1/s1. The van der Waals surface area contributed by atoms with E-state index in [0.29, 0.717) is 18.5 Å². The van der Waals surface area contributed by atoms with Gasteiger partial charge in [0.15, 0.2) is 0 Å². The molecule has 1 atom stereocenters. The SMILES string of the molecule is Cc1cc(N2CCC[C@@](O)(CN(C)C(=O)c3ccc4nc(C)[nH]c4c3)C2)ncn1. The molecule has 4 rings (SSSR count). The topological polar surface area (TPSA) is 98.2 Å². The van der Waals surface area contributed by atoms with E-state index >= 15 is 0 Å². The largest absolute Gasteiger partial charge is 0.386 e. The van der Waals surface area contributed by atoms with E-state index in [2.05, 4.69) is 24.8 Å². The number of β-amino-alcohol motifs (C(OH)–C–C–N with tert-alkyl or cyclic N) is 1. The van der Waals surface area contributed by atoms with Crippen molar-refractivity contribution in [3.8, 4) is 0 Å². The number of piperidine rings is 1. The van der Waals surface area contributed by atoms with Gasteiger partial charge in [-0.2, -0.15) is 0 Å². The van der Waals surface area contributed by atoms with E-state index in [0.717, 1.165) is 41.3 Å². The highest BCUT2D eigenvalue weighted by Crippen LogP contribution is 2.26. The normalized spacial score (nSPS) is 19.5. The minimum Gasteiger partial charge on any atom is -0.386 e. The minimum absolute atomic E-state index is 0.123. The molecule has 1 saturated heterocycles. The number of aromatic nitrogens is 4. The van der Waals surface area contributed by atoms with Gasteiger partial charge in [0.25, 0.3) is 5.91 Å². The number of H-pyrrole nitrogens is 1. The predicted molar refractivity (Wildman–Crippen MR) is 111 cm³/mol. The van der Waals surface area contributed by atoms with Crippen molar-refractivity contribution < 1.29 is 9.90 Å². The monoisotopic (exact) mass is 394 g/mol. The van der Waals surface area contributed by atoms with Crippen molar-refractivity contribution in [2.24, 2.45) is 0 Å². The van der Waals surface area contributed by atoms with E-state index < -0.39 is 5.60 Å². The second kappa shape index (κ2) is 7.44.